The van der Waals surface area contributed by atoms with Crippen molar-refractivity contribution in [1.29, 1.82) is 0 Å². The molecule has 1 fully saturated rings. The van der Waals surface area contributed by atoms with E-state index in [-0.39, 0.29) is 35.2 Å². The van der Waals surface area contributed by atoms with Crippen LogP contribution in [0.25, 0.3) is 0 Å². The fourth-order valence-corrected chi connectivity index (χ4v) is 3.83. The lowest BCUT2D eigenvalue weighted by Crippen LogP contribution is -2.39. The van der Waals surface area contributed by atoms with Crippen LogP contribution in [0.3, 0.4) is 0 Å². The summed E-state index contributed by atoms with van der Waals surface area (Å²) in [6.45, 7) is 7.98. The largest absolute Gasteiger partial charge is 0.355 e. The van der Waals surface area contributed by atoms with Gasteiger partial charge in [0.2, 0.25) is 17.7 Å². The number of hydrogen-bond acceptors (Lipinski definition) is 5. The van der Waals surface area contributed by atoms with Gasteiger partial charge in [0, 0.05) is 31.3 Å². The molecule has 2 aromatic rings. The van der Waals surface area contributed by atoms with Crippen molar-refractivity contribution in [2.75, 3.05) is 6.54 Å². The van der Waals surface area contributed by atoms with Crippen LogP contribution in [-0.2, 0) is 16.0 Å². The Morgan fingerprint density at radius 1 is 1.37 bits per heavy atom. The molecule has 162 valence electrons. The molecule has 1 N–H and O–H groups in total. The highest BCUT2D eigenvalue weighted by molar-refractivity contribution is 6.30. The number of carbonyl (C=O) groups is 2. The minimum Gasteiger partial charge on any atom is -0.355 e. The van der Waals surface area contributed by atoms with Crippen molar-refractivity contribution in [2.45, 2.75) is 58.5 Å². The van der Waals surface area contributed by atoms with Gasteiger partial charge in [-0.2, -0.15) is 4.98 Å². The number of carbonyl (C=O) groups excluding carboxylic acids is 2. The van der Waals surface area contributed by atoms with Crippen molar-refractivity contribution >= 4 is 23.4 Å². The van der Waals surface area contributed by atoms with Crippen molar-refractivity contribution < 1.29 is 18.5 Å². The zero-order valence-electron chi connectivity index (χ0n) is 17.5. The van der Waals surface area contributed by atoms with Gasteiger partial charge in [-0.1, -0.05) is 36.7 Å². The minimum atomic E-state index is -0.630. The van der Waals surface area contributed by atoms with Crippen LogP contribution in [-0.4, -0.2) is 39.4 Å². The van der Waals surface area contributed by atoms with Crippen LogP contribution in [0, 0.1) is 11.7 Å². The van der Waals surface area contributed by atoms with E-state index in [0.29, 0.717) is 30.2 Å². The first-order valence-corrected chi connectivity index (χ1v) is 10.4. The first kappa shape index (κ1) is 22.2. The van der Waals surface area contributed by atoms with Gasteiger partial charge >= 0.3 is 0 Å². The van der Waals surface area contributed by atoms with Crippen molar-refractivity contribution in [3.63, 3.8) is 0 Å². The van der Waals surface area contributed by atoms with Gasteiger partial charge in [0.1, 0.15) is 5.82 Å². The molecule has 7 nitrogen and oxygen atoms in total. The summed E-state index contributed by atoms with van der Waals surface area (Å²) in [7, 11) is 0. The molecular weight excluding hydrogens is 411 g/mol. The number of amides is 2. The maximum absolute atomic E-state index is 14.1. The van der Waals surface area contributed by atoms with Gasteiger partial charge in [-0.05, 0) is 31.5 Å². The van der Waals surface area contributed by atoms with Crippen LogP contribution in [0.15, 0.2) is 22.7 Å². The molecule has 0 bridgehead atoms. The van der Waals surface area contributed by atoms with E-state index in [2.05, 4.69) is 15.5 Å². The van der Waals surface area contributed by atoms with E-state index < -0.39 is 17.8 Å². The molecule has 1 aromatic carbocycles. The van der Waals surface area contributed by atoms with Crippen molar-refractivity contribution in [2.24, 2.45) is 5.92 Å². The van der Waals surface area contributed by atoms with E-state index in [4.69, 9.17) is 16.1 Å². The van der Waals surface area contributed by atoms with E-state index in [1.165, 1.54) is 12.1 Å². The molecule has 30 heavy (non-hydrogen) atoms. The molecule has 0 radical (unpaired) electrons. The standard InChI is InChI=1S/C21H26ClFN4O3/c1-11(2)20-25-17(30-26-20)7-8-24-21(29)14-10-18(28)27(12(3)4)19(14)13-5-6-15(22)16(23)9-13/h5-6,9,11-12,14,19H,7-8,10H2,1-4H3,(H,24,29)/t14-,19-/m0/s1. The second-order valence-corrected chi connectivity index (χ2v) is 8.47. The van der Waals surface area contributed by atoms with Crippen LogP contribution < -0.4 is 5.32 Å². The number of likely N-dealkylation sites (tertiary alicyclic amines) is 1. The maximum atomic E-state index is 14.1. The lowest BCUT2D eigenvalue weighted by molar-refractivity contribution is -0.130. The fraction of sp³-hybridized carbons (Fsp3) is 0.524. The molecule has 2 atom stereocenters. The molecule has 1 aliphatic heterocycles. The summed E-state index contributed by atoms with van der Waals surface area (Å²) in [6.07, 6.45) is 0.456. The van der Waals surface area contributed by atoms with Crippen LogP contribution in [0.5, 0.6) is 0 Å². The monoisotopic (exact) mass is 436 g/mol. The minimum absolute atomic E-state index is 0.000459. The van der Waals surface area contributed by atoms with Gasteiger partial charge in [-0.15, -0.1) is 0 Å². The van der Waals surface area contributed by atoms with Crippen LogP contribution >= 0.6 is 11.6 Å². The van der Waals surface area contributed by atoms with E-state index in [1.807, 2.05) is 27.7 Å². The van der Waals surface area contributed by atoms with Gasteiger partial charge in [0.05, 0.1) is 17.0 Å². The molecule has 0 aliphatic carbocycles. The SMILES string of the molecule is CC(C)c1noc(CCNC(=O)[C@H]2CC(=O)N(C(C)C)[C@H]2c2ccc(Cl)c(F)c2)n1. The zero-order valence-corrected chi connectivity index (χ0v) is 18.2. The smallest absolute Gasteiger partial charge is 0.228 e. The molecule has 2 heterocycles. The highest BCUT2D eigenvalue weighted by Gasteiger charge is 2.45. The molecule has 9 heteroatoms. The predicted molar refractivity (Wildman–Crippen MR) is 109 cm³/mol. The molecule has 1 aromatic heterocycles. The summed E-state index contributed by atoms with van der Waals surface area (Å²) in [6, 6.07) is 3.72. The molecule has 1 aliphatic rings. The lowest BCUT2D eigenvalue weighted by atomic mass is 9.92. The van der Waals surface area contributed by atoms with Gasteiger partial charge in [-0.3, -0.25) is 9.59 Å². The van der Waals surface area contributed by atoms with E-state index in [1.54, 1.807) is 11.0 Å². The summed E-state index contributed by atoms with van der Waals surface area (Å²) in [4.78, 5) is 31.5. The van der Waals surface area contributed by atoms with Crippen LogP contribution in [0.2, 0.25) is 5.02 Å². The Labute approximate surface area is 180 Å². The first-order valence-electron chi connectivity index (χ1n) is 10.0. The van der Waals surface area contributed by atoms with E-state index >= 15 is 0 Å². The number of benzene rings is 1. The predicted octanol–water partition coefficient (Wildman–Crippen LogP) is 3.64. The molecule has 0 spiro atoms. The molecule has 1 saturated heterocycles. The second kappa shape index (κ2) is 9.12. The van der Waals surface area contributed by atoms with E-state index in [0.717, 1.165) is 0 Å². The first-order chi connectivity index (χ1) is 14.2. The highest BCUT2D eigenvalue weighted by atomic mass is 35.5. The van der Waals surface area contributed by atoms with Gasteiger partial charge in [0.15, 0.2) is 5.82 Å². The molecule has 3 rings (SSSR count). The highest BCUT2D eigenvalue weighted by Crippen LogP contribution is 2.40. The number of nitrogens with zero attached hydrogens (tertiary/aromatic N) is 3. The normalized spacial score (nSPS) is 19.2. The quantitative estimate of drug-likeness (QED) is 0.715. The second-order valence-electron chi connectivity index (χ2n) is 8.07. The summed E-state index contributed by atoms with van der Waals surface area (Å²) in [5, 5.41) is 6.75. The lowest BCUT2D eigenvalue weighted by Gasteiger charge is -2.31. The van der Waals surface area contributed by atoms with Crippen LogP contribution in [0.4, 0.5) is 4.39 Å². The van der Waals surface area contributed by atoms with Gasteiger partial charge in [-0.25, -0.2) is 4.39 Å². The van der Waals surface area contributed by atoms with Crippen molar-refractivity contribution in [3.05, 3.63) is 46.3 Å². The Morgan fingerprint density at radius 2 is 2.10 bits per heavy atom. The number of rotatable bonds is 7. The third-order valence-electron chi connectivity index (χ3n) is 5.18. The third kappa shape index (κ3) is 4.64. The maximum Gasteiger partial charge on any atom is 0.228 e. The Bertz CT molecular complexity index is 931. The summed E-state index contributed by atoms with van der Waals surface area (Å²) >= 11 is 5.81. The number of halogens is 2. The average molecular weight is 437 g/mol. The summed E-state index contributed by atoms with van der Waals surface area (Å²) < 4.78 is 19.3. The fourth-order valence-electron chi connectivity index (χ4n) is 3.72. The Hall–Kier alpha value is -2.48. The van der Waals surface area contributed by atoms with Crippen molar-refractivity contribution in [1.82, 2.24) is 20.4 Å². The third-order valence-corrected chi connectivity index (χ3v) is 5.49. The molecule has 0 unspecified atom stereocenters. The van der Waals surface area contributed by atoms with Gasteiger partial charge in [0.25, 0.3) is 0 Å². The molecule has 2 amide bonds. The number of aromatic nitrogens is 2. The molecule has 0 saturated carbocycles. The average Bonchev–Trinajstić information content (AvgIpc) is 3.28. The topological polar surface area (TPSA) is 88.3 Å². The molecular formula is C21H26ClFN4O3. The van der Waals surface area contributed by atoms with Crippen LogP contribution in [0.1, 0.15) is 63.4 Å². The number of nitrogens with one attached hydrogen (secondary N) is 1. The Morgan fingerprint density at radius 3 is 2.70 bits per heavy atom. The summed E-state index contributed by atoms with van der Waals surface area (Å²) in [5.41, 5.74) is 0.551. The Kier molecular flexibility index (Phi) is 6.75. The van der Waals surface area contributed by atoms with Crippen molar-refractivity contribution in [3.8, 4) is 0 Å². The Balaban J connectivity index is 1.73. The number of hydrogen-bond donors (Lipinski definition) is 1. The zero-order chi connectivity index (χ0) is 22.0. The van der Waals surface area contributed by atoms with E-state index in [9.17, 15) is 14.0 Å². The van der Waals surface area contributed by atoms with Gasteiger partial charge < -0.3 is 14.7 Å². The summed E-state index contributed by atoms with van der Waals surface area (Å²) in [5.74, 6) is -0.386.